The summed E-state index contributed by atoms with van der Waals surface area (Å²) in [6.07, 6.45) is 4.95. The summed E-state index contributed by atoms with van der Waals surface area (Å²) in [6, 6.07) is 15.2. The molecule has 30 heavy (non-hydrogen) atoms. The molecule has 1 aliphatic rings. The fraction of sp³-hybridized carbons (Fsp3) is 0.435. The van der Waals surface area contributed by atoms with E-state index < -0.39 is 10.0 Å². The SMILES string of the molecule is CCOc1ccc(N(CCCC(=O)N[C@H]2CCCc3ccccc32)S(C)(=O)=O)cc1. The van der Waals surface area contributed by atoms with Gasteiger partial charge in [-0.05, 0) is 68.0 Å². The summed E-state index contributed by atoms with van der Waals surface area (Å²) in [7, 11) is -3.45. The monoisotopic (exact) mass is 430 g/mol. The number of nitrogens with zero attached hydrogens (tertiary/aromatic N) is 1. The number of fused-ring (bicyclic) bond motifs is 1. The Morgan fingerprint density at radius 1 is 1.17 bits per heavy atom. The van der Waals surface area contributed by atoms with Crippen LogP contribution in [0.1, 0.15) is 49.8 Å². The van der Waals surface area contributed by atoms with Crippen LogP contribution in [0.3, 0.4) is 0 Å². The molecule has 2 aromatic carbocycles. The molecular weight excluding hydrogens is 400 g/mol. The molecule has 0 unspecified atom stereocenters. The highest BCUT2D eigenvalue weighted by Crippen LogP contribution is 2.29. The average Bonchev–Trinajstić information content (AvgIpc) is 2.72. The molecule has 3 rings (SSSR count). The molecule has 0 spiro atoms. The minimum Gasteiger partial charge on any atom is -0.494 e. The highest BCUT2D eigenvalue weighted by Gasteiger charge is 2.22. The van der Waals surface area contributed by atoms with Crippen molar-refractivity contribution >= 4 is 21.6 Å². The topological polar surface area (TPSA) is 75.7 Å². The van der Waals surface area contributed by atoms with Crippen molar-refractivity contribution in [1.29, 1.82) is 0 Å². The predicted molar refractivity (Wildman–Crippen MR) is 119 cm³/mol. The van der Waals surface area contributed by atoms with Crippen molar-refractivity contribution in [3.8, 4) is 5.75 Å². The van der Waals surface area contributed by atoms with Gasteiger partial charge in [0.2, 0.25) is 15.9 Å². The van der Waals surface area contributed by atoms with E-state index >= 15 is 0 Å². The number of hydrogen-bond acceptors (Lipinski definition) is 4. The minimum atomic E-state index is -3.45. The number of sulfonamides is 1. The van der Waals surface area contributed by atoms with E-state index in [0.717, 1.165) is 19.3 Å². The van der Waals surface area contributed by atoms with E-state index in [1.54, 1.807) is 24.3 Å². The van der Waals surface area contributed by atoms with Crippen LogP contribution in [0.25, 0.3) is 0 Å². The molecule has 0 fully saturated rings. The summed E-state index contributed by atoms with van der Waals surface area (Å²) in [5.41, 5.74) is 3.07. The quantitative estimate of drug-likeness (QED) is 0.656. The van der Waals surface area contributed by atoms with Gasteiger partial charge < -0.3 is 10.1 Å². The van der Waals surface area contributed by atoms with Crippen LogP contribution in [0.4, 0.5) is 5.69 Å². The Balaban J connectivity index is 1.57. The lowest BCUT2D eigenvalue weighted by atomic mass is 9.87. The van der Waals surface area contributed by atoms with E-state index in [0.29, 0.717) is 24.5 Å². The molecule has 6 nitrogen and oxygen atoms in total. The minimum absolute atomic E-state index is 0.0413. The Hall–Kier alpha value is -2.54. The molecule has 1 aliphatic carbocycles. The standard InChI is InChI=1S/C23H30N2O4S/c1-3-29-20-15-13-19(14-16-20)25(30(2,27)28)17-7-12-23(26)24-22-11-6-9-18-8-4-5-10-21(18)22/h4-5,8,10,13-16,22H,3,6-7,9,11-12,17H2,1-2H3,(H,24,26)/t22-/m0/s1. The van der Waals surface area contributed by atoms with E-state index in [1.165, 1.54) is 21.7 Å². The third kappa shape index (κ3) is 5.75. The van der Waals surface area contributed by atoms with Gasteiger partial charge in [0.15, 0.2) is 0 Å². The van der Waals surface area contributed by atoms with Crippen LogP contribution in [0.15, 0.2) is 48.5 Å². The number of anilines is 1. The first-order valence-corrected chi connectivity index (χ1v) is 12.3. The van der Waals surface area contributed by atoms with Crippen LogP contribution in [-0.4, -0.2) is 33.7 Å². The zero-order valence-corrected chi connectivity index (χ0v) is 18.5. The first kappa shape index (κ1) is 22.2. The van der Waals surface area contributed by atoms with Gasteiger partial charge in [-0.15, -0.1) is 0 Å². The fourth-order valence-corrected chi connectivity index (χ4v) is 4.88. The highest BCUT2D eigenvalue weighted by atomic mass is 32.2. The number of aryl methyl sites for hydroxylation is 1. The largest absolute Gasteiger partial charge is 0.494 e. The van der Waals surface area contributed by atoms with Crippen molar-refractivity contribution in [2.24, 2.45) is 0 Å². The van der Waals surface area contributed by atoms with Crippen molar-refractivity contribution in [2.45, 2.75) is 45.1 Å². The first-order valence-electron chi connectivity index (χ1n) is 10.5. The van der Waals surface area contributed by atoms with Crippen LogP contribution in [-0.2, 0) is 21.2 Å². The number of hydrogen-bond donors (Lipinski definition) is 1. The lowest BCUT2D eigenvalue weighted by Crippen LogP contribution is -2.33. The van der Waals surface area contributed by atoms with Crippen molar-refractivity contribution in [1.82, 2.24) is 5.32 Å². The van der Waals surface area contributed by atoms with Crippen molar-refractivity contribution in [3.63, 3.8) is 0 Å². The summed E-state index contributed by atoms with van der Waals surface area (Å²) < 4.78 is 31.3. The third-order valence-electron chi connectivity index (χ3n) is 5.31. The van der Waals surface area contributed by atoms with Gasteiger partial charge in [0, 0.05) is 13.0 Å². The average molecular weight is 431 g/mol. The second-order valence-corrected chi connectivity index (χ2v) is 9.48. The lowest BCUT2D eigenvalue weighted by molar-refractivity contribution is -0.122. The molecule has 0 aromatic heterocycles. The summed E-state index contributed by atoms with van der Waals surface area (Å²) in [5, 5.41) is 3.13. The number of amides is 1. The number of carbonyl (C=O) groups excluding carboxylic acids is 1. The molecule has 0 saturated carbocycles. The molecule has 162 valence electrons. The highest BCUT2D eigenvalue weighted by molar-refractivity contribution is 7.92. The number of nitrogens with one attached hydrogen (secondary N) is 1. The molecular formula is C23H30N2O4S. The number of rotatable bonds is 9. The molecule has 1 amide bonds. The normalized spacial score (nSPS) is 15.9. The molecule has 0 aliphatic heterocycles. The number of benzene rings is 2. The van der Waals surface area contributed by atoms with Gasteiger partial charge in [-0.3, -0.25) is 9.10 Å². The van der Waals surface area contributed by atoms with Gasteiger partial charge in [-0.1, -0.05) is 24.3 Å². The number of ether oxygens (including phenoxy) is 1. The van der Waals surface area contributed by atoms with Crippen LogP contribution < -0.4 is 14.4 Å². The second kappa shape index (κ2) is 9.98. The molecule has 0 heterocycles. The van der Waals surface area contributed by atoms with E-state index in [1.807, 2.05) is 19.1 Å². The van der Waals surface area contributed by atoms with Gasteiger partial charge >= 0.3 is 0 Å². The van der Waals surface area contributed by atoms with Gasteiger partial charge in [-0.2, -0.15) is 0 Å². The zero-order chi connectivity index (χ0) is 21.6. The molecule has 7 heteroatoms. The van der Waals surface area contributed by atoms with Crippen molar-refractivity contribution in [2.75, 3.05) is 23.7 Å². The van der Waals surface area contributed by atoms with Crippen LogP contribution >= 0.6 is 0 Å². The molecule has 0 radical (unpaired) electrons. The molecule has 1 atom stereocenters. The zero-order valence-electron chi connectivity index (χ0n) is 17.6. The van der Waals surface area contributed by atoms with Gasteiger partial charge in [0.1, 0.15) is 5.75 Å². The molecule has 2 aromatic rings. The van der Waals surface area contributed by atoms with Gasteiger partial charge in [0.05, 0.1) is 24.6 Å². The smallest absolute Gasteiger partial charge is 0.232 e. The Bertz CT molecular complexity index is 957. The number of carbonyl (C=O) groups is 1. The Kier molecular flexibility index (Phi) is 7.37. The predicted octanol–water partition coefficient (Wildman–Crippen LogP) is 3.83. The maximum Gasteiger partial charge on any atom is 0.232 e. The summed E-state index contributed by atoms with van der Waals surface area (Å²) in [6.45, 7) is 2.70. The molecule has 0 bridgehead atoms. The Morgan fingerprint density at radius 2 is 1.90 bits per heavy atom. The van der Waals surface area contributed by atoms with Gasteiger partial charge in [-0.25, -0.2) is 8.42 Å². The third-order valence-corrected chi connectivity index (χ3v) is 6.50. The van der Waals surface area contributed by atoms with E-state index in [9.17, 15) is 13.2 Å². The second-order valence-electron chi connectivity index (χ2n) is 7.58. The maximum absolute atomic E-state index is 12.5. The van der Waals surface area contributed by atoms with E-state index in [4.69, 9.17) is 4.74 Å². The van der Waals surface area contributed by atoms with E-state index in [-0.39, 0.29) is 24.9 Å². The summed E-state index contributed by atoms with van der Waals surface area (Å²) in [5.74, 6) is 0.652. The Labute approximate surface area is 179 Å². The molecule has 1 N–H and O–H groups in total. The van der Waals surface area contributed by atoms with Gasteiger partial charge in [0.25, 0.3) is 0 Å². The molecule has 0 saturated heterocycles. The first-order chi connectivity index (χ1) is 14.4. The van der Waals surface area contributed by atoms with E-state index in [2.05, 4.69) is 17.4 Å². The van der Waals surface area contributed by atoms with Crippen molar-refractivity contribution in [3.05, 3.63) is 59.7 Å². The summed E-state index contributed by atoms with van der Waals surface area (Å²) in [4.78, 5) is 12.5. The Morgan fingerprint density at radius 3 is 2.60 bits per heavy atom. The lowest BCUT2D eigenvalue weighted by Gasteiger charge is -2.26. The van der Waals surface area contributed by atoms with Crippen LogP contribution in [0.5, 0.6) is 5.75 Å². The fourth-order valence-electron chi connectivity index (χ4n) is 3.92. The van der Waals surface area contributed by atoms with Crippen LogP contribution in [0, 0.1) is 0 Å². The summed E-state index contributed by atoms with van der Waals surface area (Å²) >= 11 is 0. The van der Waals surface area contributed by atoms with Crippen molar-refractivity contribution < 1.29 is 17.9 Å². The maximum atomic E-state index is 12.5. The van der Waals surface area contributed by atoms with Crippen LogP contribution in [0.2, 0.25) is 0 Å².